The van der Waals surface area contributed by atoms with Crippen molar-refractivity contribution in [2.45, 2.75) is 24.6 Å². The van der Waals surface area contributed by atoms with Crippen LogP contribution in [0, 0.1) is 5.82 Å². The monoisotopic (exact) mass is 470 g/mol. The van der Waals surface area contributed by atoms with Gasteiger partial charge in [0.05, 0.1) is 5.02 Å². The van der Waals surface area contributed by atoms with Gasteiger partial charge in [0, 0.05) is 15.1 Å². The van der Waals surface area contributed by atoms with Gasteiger partial charge in [0.25, 0.3) is 0 Å². The lowest BCUT2D eigenvalue weighted by molar-refractivity contribution is 0.169. The molecule has 3 atom stereocenters. The Morgan fingerprint density at radius 2 is 1.89 bits per heavy atom. The largest absolute Gasteiger partial charge is 0.476 e. The van der Waals surface area contributed by atoms with E-state index in [1.54, 1.807) is 6.07 Å². The molecule has 0 radical (unpaired) electrons. The topological polar surface area (TPSA) is 43.2 Å². The molecule has 4 nitrogen and oxygen atoms in total. The molecule has 0 saturated carbocycles. The predicted octanol–water partition coefficient (Wildman–Crippen LogP) is 5.92. The lowest BCUT2D eigenvalue weighted by atomic mass is 9.90. The minimum Gasteiger partial charge on any atom is -0.476 e. The highest BCUT2D eigenvalue weighted by Gasteiger charge is 2.49. The van der Waals surface area contributed by atoms with E-state index in [2.05, 4.69) is 20.9 Å². The van der Waals surface area contributed by atoms with Crippen molar-refractivity contribution in [2.24, 2.45) is 9.98 Å². The second-order valence-electron chi connectivity index (χ2n) is 6.49. The van der Waals surface area contributed by atoms with Gasteiger partial charge in [-0.3, -0.25) is 0 Å². The number of halogens is 4. The third-order valence-corrected chi connectivity index (χ3v) is 5.83. The maximum absolute atomic E-state index is 13.4. The van der Waals surface area contributed by atoms with Crippen LogP contribution in [0.3, 0.4) is 0 Å². The third-order valence-electron chi connectivity index (χ3n) is 4.68. The molecule has 2 aliphatic heterocycles. The molecule has 2 aromatic rings. The third kappa shape index (κ3) is 3.35. The van der Waals surface area contributed by atoms with Crippen LogP contribution in [0.1, 0.15) is 30.2 Å². The van der Waals surface area contributed by atoms with E-state index in [4.69, 9.17) is 37.7 Å². The molecule has 0 aromatic heterocycles. The molecule has 4 rings (SSSR count). The first-order valence-electron chi connectivity index (χ1n) is 8.18. The molecule has 0 saturated heterocycles. The summed E-state index contributed by atoms with van der Waals surface area (Å²) in [5.74, 6) is 0.0226. The van der Waals surface area contributed by atoms with Gasteiger partial charge in [-0.1, -0.05) is 51.3 Å². The van der Waals surface area contributed by atoms with Crippen molar-refractivity contribution in [3.63, 3.8) is 0 Å². The fourth-order valence-corrected chi connectivity index (χ4v) is 4.31. The van der Waals surface area contributed by atoms with Crippen LogP contribution in [-0.2, 0) is 9.47 Å². The summed E-state index contributed by atoms with van der Waals surface area (Å²) < 4.78 is 25.9. The van der Waals surface area contributed by atoms with E-state index < -0.39 is 17.5 Å². The van der Waals surface area contributed by atoms with Crippen LogP contribution < -0.4 is 0 Å². The van der Waals surface area contributed by atoms with Gasteiger partial charge in [-0.15, -0.1) is 0 Å². The minimum absolute atomic E-state index is 0.238. The van der Waals surface area contributed by atoms with Crippen LogP contribution in [-0.4, -0.2) is 24.4 Å². The predicted molar refractivity (Wildman–Crippen MR) is 107 cm³/mol. The summed E-state index contributed by atoms with van der Waals surface area (Å²) in [6.07, 6.45) is 0.791. The summed E-state index contributed by atoms with van der Waals surface area (Å²) in [6, 6.07) is 9.59. The molecule has 140 valence electrons. The van der Waals surface area contributed by atoms with Crippen LogP contribution in [0.15, 0.2) is 50.9 Å². The fraction of sp³-hybridized carbons (Fsp3) is 0.263. The molecule has 0 N–H and O–H groups in total. The van der Waals surface area contributed by atoms with E-state index in [0.717, 1.165) is 10.0 Å². The van der Waals surface area contributed by atoms with Gasteiger partial charge in [0.15, 0.2) is 18.0 Å². The molecule has 0 amide bonds. The lowest BCUT2D eigenvalue weighted by Gasteiger charge is -2.27. The molecule has 0 aliphatic carbocycles. The number of nitrogens with zero attached hydrogens (tertiary/aromatic N) is 2. The Morgan fingerprint density at radius 1 is 1.15 bits per heavy atom. The minimum atomic E-state index is -0.905. The smallest absolute Gasteiger partial charge is 0.217 e. The van der Waals surface area contributed by atoms with E-state index >= 15 is 0 Å². The van der Waals surface area contributed by atoms with Crippen LogP contribution in [0.5, 0.6) is 0 Å². The Labute approximate surface area is 174 Å². The van der Waals surface area contributed by atoms with Crippen molar-refractivity contribution in [2.75, 3.05) is 6.61 Å². The van der Waals surface area contributed by atoms with Gasteiger partial charge in [-0.05, 0) is 36.8 Å². The lowest BCUT2D eigenvalue weighted by Crippen LogP contribution is -2.38. The zero-order valence-electron chi connectivity index (χ0n) is 14.1. The number of hydrogen-bond acceptors (Lipinski definition) is 4. The number of rotatable bonds is 3. The normalized spacial score (nSPS) is 26.6. The summed E-state index contributed by atoms with van der Waals surface area (Å²) in [7, 11) is 0. The number of aliphatic imine (C=N–C) groups is 2. The van der Waals surface area contributed by atoms with Crippen LogP contribution in [0.4, 0.5) is 4.39 Å². The summed E-state index contributed by atoms with van der Waals surface area (Å²) in [4.78, 5) is 9.15. The Morgan fingerprint density at radius 3 is 2.63 bits per heavy atom. The molecule has 3 unspecified atom stereocenters. The summed E-state index contributed by atoms with van der Waals surface area (Å²) in [5, 5.41) is 0.875. The average molecular weight is 472 g/mol. The van der Waals surface area contributed by atoms with Gasteiger partial charge in [-0.25, -0.2) is 14.4 Å². The van der Waals surface area contributed by atoms with Crippen LogP contribution in [0.2, 0.25) is 10.0 Å². The van der Waals surface area contributed by atoms with Gasteiger partial charge in [0.2, 0.25) is 5.90 Å². The SMILES string of the molecule is CC1(C2=NC(c3ccc(Br)cc3Cl)CO2)N=COC1c1ccc(F)cc1Cl. The maximum Gasteiger partial charge on any atom is 0.217 e. The Balaban J connectivity index is 1.67. The summed E-state index contributed by atoms with van der Waals surface area (Å²) in [5.41, 5.74) is 0.588. The second kappa shape index (κ2) is 7.08. The van der Waals surface area contributed by atoms with E-state index in [1.807, 2.05) is 25.1 Å². The highest BCUT2D eigenvalue weighted by Crippen LogP contribution is 2.43. The molecule has 2 aromatic carbocycles. The van der Waals surface area contributed by atoms with Gasteiger partial charge >= 0.3 is 0 Å². The molecule has 0 spiro atoms. The van der Waals surface area contributed by atoms with E-state index in [-0.39, 0.29) is 11.1 Å². The highest BCUT2D eigenvalue weighted by molar-refractivity contribution is 9.10. The molecular weight excluding hydrogens is 458 g/mol. The number of ether oxygens (including phenoxy) is 2. The van der Waals surface area contributed by atoms with Gasteiger partial charge in [-0.2, -0.15) is 0 Å². The Bertz CT molecular complexity index is 969. The van der Waals surface area contributed by atoms with Crippen LogP contribution in [0.25, 0.3) is 0 Å². The second-order valence-corrected chi connectivity index (χ2v) is 8.22. The van der Waals surface area contributed by atoms with Gasteiger partial charge in [0.1, 0.15) is 18.5 Å². The molecule has 0 fully saturated rings. The highest BCUT2D eigenvalue weighted by atomic mass is 79.9. The Kier molecular flexibility index (Phi) is 4.91. The quantitative estimate of drug-likeness (QED) is 0.557. The van der Waals surface area contributed by atoms with E-state index in [0.29, 0.717) is 23.1 Å². The molecule has 2 heterocycles. The zero-order valence-corrected chi connectivity index (χ0v) is 17.2. The van der Waals surface area contributed by atoms with Crippen LogP contribution >= 0.6 is 39.1 Å². The average Bonchev–Trinajstić information content (AvgIpc) is 3.23. The van der Waals surface area contributed by atoms with Crippen molar-refractivity contribution in [1.82, 2.24) is 0 Å². The molecule has 2 aliphatic rings. The Hall–Kier alpha value is -1.63. The maximum atomic E-state index is 13.4. The van der Waals surface area contributed by atoms with Crippen molar-refractivity contribution in [3.05, 3.63) is 67.9 Å². The molecule has 0 bridgehead atoms. The van der Waals surface area contributed by atoms with Gasteiger partial charge < -0.3 is 9.47 Å². The number of hydrogen-bond donors (Lipinski definition) is 0. The van der Waals surface area contributed by atoms with Crippen molar-refractivity contribution < 1.29 is 13.9 Å². The zero-order chi connectivity index (χ0) is 19.2. The van der Waals surface area contributed by atoms with Crippen molar-refractivity contribution in [3.8, 4) is 0 Å². The molecule has 27 heavy (non-hydrogen) atoms. The first-order chi connectivity index (χ1) is 12.9. The number of benzene rings is 2. The summed E-state index contributed by atoms with van der Waals surface area (Å²) >= 11 is 16.0. The standard InChI is InChI=1S/C19H14BrCl2FN2O2/c1-19(17(27-9-24-19)13-5-3-11(23)7-15(13)22)18-25-16(8-26-18)12-4-2-10(20)6-14(12)21/h2-7,9,16-17H,8H2,1H3. The first-order valence-corrected chi connectivity index (χ1v) is 9.73. The van der Waals surface area contributed by atoms with E-state index in [9.17, 15) is 4.39 Å². The summed E-state index contributed by atoms with van der Waals surface area (Å²) in [6.45, 7) is 2.21. The van der Waals surface area contributed by atoms with E-state index in [1.165, 1.54) is 18.5 Å². The first kappa shape index (κ1) is 18.7. The van der Waals surface area contributed by atoms with Crippen molar-refractivity contribution in [1.29, 1.82) is 0 Å². The van der Waals surface area contributed by atoms with Crippen molar-refractivity contribution >= 4 is 51.4 Å². The fourth-order valence-electron chi connectivity index (χ4n) is 3.24. The molecular formula is C19H14BrCl2FN2O2. The molecule has 8 heteroatoms.